The molecule has 9 rings (SSSR count). The number of hydrogen-bond acceptors (Lipinski definition) is 0. The van der Waals surface area contributed by atoms with E-state index < -0.39 is 0 Å². The van der Waals surface area contributed by atoms with Crippen molar-refractivity contribution in [3.05, 3.63) is 152 Å². The van der Waals surface area contributed by atoms with Crippen LogP contribution in [0.4, 0.5) is 0 Å². The second kappa shape index (κ2) is 9.43. The summed E-state index contributed by atoms with van der Waals surface area (Å²) in [6.07, 6.45) is 29.1. The molecular weight excluding hydrogens is 504 g/mol. The van der Waals surface area contributed by atoms with Gasteiger partial charge in [-0.15, -0.1) is 0 Å². The molecule has 0 saturated heterocycles. The Morgan fingerprint density at radius 1 is 0.667 bits per heavy atom. The van der Waals surface area contributed by atoms with Crippen molar-refractivity contribution in [3.63, 3.8) is 0 Å². The van der Waals surface area contributed by atoms with Gasteiger partial charge in [-0.05, 0) is 114 Å². The van der Waals surface area contributed by atoms with Crippen LogP contribution in [0.25, 0.3) is 56.8 Å². The van der Waals surface area contributed by atoms with E-state index in [2.05, 4.69) is 127 Å². The fraction of sp³-hybridized carbons (Fsp3) is 0.143. The Morgan fingerprint density at radius 3 is 2.31 bits per heavy atom. The summed E-state index contributed by atoms with van der Waals surface area (Å²) in [6.45, 7) is 0. The highest BCUT2D eigenvalue weighted by Crippen LogP contribution is 2.36. The lowest BCUT2D eigenvalue weighted by Gasteiger charge is -2.23. The minimum absolute atomic E-state index is 0.508. The Balaban J connectivity index is 1.24. The first kappa shape index (κ1) is 24.0. The largest absolute Gasteiger partial charge is 0.0836 e. The minimum Gasteiger partial charge on any atom is -0.0836 e. The van der Waals surface area contributed by atoms with E-state index in [4.69, 9.17) is 0 Å². The predicted octanol–water partition coefficient (Wildman–Crippen LogP) is 7.49. The SMILES string of the molecule is C1=CCC2C=CC(c3c4c(c(-c5ccc(C6=c7cccc8c7=C(C=C8)CC6)cc5)c5ccccc35)=CCCC=4)=CC2=C1. The lowest BCUT2D eigenvalue weighted by atomic mass is 9.81. The van der Waals surface area contributed by atoms with Gasteiger partial charge in [0.2, 0.25) is 0 Å². The zero-order chi connectivity index (χ0) is 27.6. The van der Waals surface area contributed by atoms with Crippen LogP contribution in [0.3, 0.4) is 0 Å². The first-order valence-corrected chi connectivity index (χ1v) is 15.5. The van der Waals surface area contributed by atoms with Crippen molar-refractivity contribution in [1.29, 1.82) is 0 Å². The second-order valence-electron chi connectivity index (χ2n) is 12.2. The van der Waals surface area contributed by atoms with E-state index >= 15 is 0 Å². The molecule has 0 heterocycles. The van der Waals surface area contributed by atoms with E-state index in [9.17, 15) is 0 Å². The summed E-state index contributed by atoms with van der Waals surface area (Å²) in [5.41, 5.74) is 12.5. The van der Waals surface area contributed by atoms with Gasteiger partial charge in [0, 0.05) is 5.92 Å². The Hall–Kier alpha value is -4.68. The maximum atomic E-state index is 2.49. The van der Waals surface area contributed by atoms with Crippen LogP contribution in [0, 0.1) is 5.92 Å². The zero-order valence-electron chi connectivity index (χ0n) is 23.7. The Labute approximate surface area is 246 Å². The summed E-state index contributed by atoms with van der Waals surface area (Å²) in [7, 11) is 0. The van der Waals surface area contributed by atoms with Crippen LogP contribution < -0.4 is 20.9 Å². The van der Waals surface area contributed by atoms with Gasteiger partial charge in [0.05, 0.1) is 0 Å². The van der Waals surface area contributed by atoms with Gasteiger partial charge in [-0.1, -0.05) is 127 Å². The van der Waals surface area contributed by atoms with Crippen LogP contribution in [-0.4, -0.2) is 0 Å². The highest BCUT2D eigenvalue weighted by Gasteiger charge is 2.21. The summed E-state index contributed by atoms with van der Waals surface area (Å²) >= 11 is 0. The van der Waals surface area contributed by atoms with Crippen LogP contribution >= 0.6 is 0 Å². The fourth-order valence-electron chi connectivity index (χ4n) is 7.93. The number of hydrogen-bond donors (Lipinski definition) is 0. The monoisotopic (exact) mass is 536 g/mol. The first-order valence-electron chi connectivity index (χ1n) is 15.5. The van der Waals surface area contributed by atoms with Crippen LogP contribution in [0.5, 0.6) is 0 Å². The molecule has 5 aliphatic carbocycles. The highest BCUT2D eigenvalue weighted by molar-refractivity contribution is 6.05. The molecule has 0 spiro atoms. The van der Waals surface area contributed by atoms with Gasteiger partial charge in [0.1, 0.15) is 0 Å². The van der Waals surface area contributed by atoms with Gasteiger partial charge >= 0.3 is 0 Å². The van der Waals surface area contributed by atoms with Crippen molar-refractivity contribution in [1.82, 2.24) is 0 Å². The van der Waals surface area contributed by atoms with Gasteiger partial charge in [0.15, 0.2) is 0 Å². The van der Waals surface area contributed by atoms with Gasteiger partial charge < -0.3 is 0 Å². The Kier molecular flexibility index (Phi) is 5.38. The van der Waals surface area contributed by atoms with E-state index in [1.165, 1.54) is 81.8 Å². The number of fused-ring (bicyclic) bond motifs is 3. The molecule has 42 heavy (non-hydrogen) atoms. The summed E-state index contributed by atoms with van der Waals surface area (Å²) < 4.78 is 0. The van der Waals surface area contributed by atoms with E-state index in [1.54, 1.807) is 0 Å². The molecule has 5 aliphatic rings. The molecule has 0 fully saturated rings. The van der Waals surface area contributed by atoms with Crippen LogP contribution in [0.1, 0.15) is 48.8 Å². The van der Waals surface area contributed by atoms with E-state index in [0.29, 0.717) is 5.92 Å². The highest BCUT2D eigenvalue weighted by atomic mass is 14.2. The normalized spacial score (nSPS) is 19.5. The van der Waals surface area contributed by atoms with E-state index in [1.807, 2.05) is 0 Å². The molecule has 0 radical (unpaired) electrons. The van der Waals surface area contributed by atoms with Crippen LogP contribution in [0.2, 0.25) is 0 Å². The molecule has 4 aromatic rings. The van der Waals surface area contributed by atoms with Crippen molar-refractivity contribution in [3.8, 4) is 11.1 Å². The third-order valence-corrected chi connectivity index (χ3v) is 9.89. The third-order valence-electron chi connectivity index (χ3n) is 9.89. The number of rotatable bonds is 3. The van der Waals surface area contributed by atoms with Gasteiger partial charge in [-0.2, -0.15) is 0 Å². The topological polar surface area (TPSA) is 0 Å². The Bertz CT molecular complexity index is 2240. The molecule has 1 atom stereocenters. The van der Waals surface area contributed by atoms with Gasteiger partial charge in [0.25, 0.3) is 0 Å². The van der Waals surface area contributed by atoms with Crippen LogP contribution in [0.15, 0.2) is 115 Å². The van der Waals surface area contributed by atoms with Crippen molar-refractivity contribution in [2.24, 2.45) is 5.92 Å². The number of benzene rings is 4. The molecule has 0 amide bonds. The van der Waals surface area contributed by atoms with E-state index in [-0.39, 0.29) is 0 Å². The number of allylic oxidation sites excluding steroid dienone is 9. The molecule has 0 heteroatoms. The summed E-state index contributed by atoms with van der Waals surface area (Å²) in [5, 5.41) is 8.36. The maximum Gasteiger partial charge on any atom is 0.00561 e. The average Bonchev–Trinajstić information content (AvgIpc) is 3.48. The molecule has 0 nitrogen and oxygen atoms in total. The molecule has 1 unspecified atom stereocenters. The second-order valence-corrected chi connectivity index (χ2v) is 12.2. The van der Waals surface area contributed by atoms with Crippen LogP contribution in [-0.2, 0) is 0 Å². The van der Waals surface area contributed by atoms with E-state index in [0.717, 1.165) is 32.1 Å². The average molecular weight is 537 g/mol. The summed E-state index contributed by atoms with van der Waals surface area (Å²) in [4.78, 5) is 0. The van der Waals surface area contributed by atoms with Crippen molar-refractivity contribution in [2.45, 2.75) is 32.1 Å². The molecule has 4 aromatic carbocycles. The van der Waals surface area contributed by atoms with Gasteiger partial charge in [-0.3, -0.25) is 0 Å². The van der Waals surface area contributed by atoms with Crippen molar-refractivity contribution < 1.29 is 0 Å². The molecule has 0 aliphatic heterocycles. The smallest absolute Gasteiger partial charge is 0.00561 e. The zero-order valence-corrected chi connectivity index (χ0v) is 23.7. The fourth-order valence-corrected chi connectivity index (χ4v) is 7.93. The summed E-state index contributed by atoms with van der Waals surface area (Å²) in [6, 6.07) is 25.3. The predicted molar refractivity (Wildman–Crippen MR) is 179 cm³/mol. The maximum absolute atomic E-state index is 2.49. The molecule has 0 saturated carbocycles. The molecule has 0 aromatic heterocycles. The molecule has 200 valence electrons. The van der Waals surface area contributed by atoms with Crippen molar-refractivity contribution in [2.75, 3.05) is 0 Å². The first-order chi connectivity index (χ1) is 20.8. The quantitative estimate of drug-likeness (QED) is 0.255. The molecule has 0 N–H and O–H groups in total. The third kappa shape index (κ3) is 3.61. The van der Waals surface area contributed by atoms with Crippen molar-refractivity contribution >= 4 is 45.7 Å². The molecule has 0 bridgehead atoms. The minimum atomic E-state index is 0.508. The Morgan fingerprint density at radius 2 is 1.45 bits per heavy atom. The standard InChI is InChI=1S/C42H32/c1-2-9-32-26-33(23-16-27(32)8-1)42-38-13-5-3-11-36(38)41(37-12-4-6-14-39(37)42)31-19-17-28(18-20-31)34-25-24-30-22-21-29-10-7-15-35(34)40(29)30/h1-3,5,7,9-23,26-27H,4,6,8,24-25H2. The van der Waals surface area contributed by atoms with Gasteiger partial charge in [-0.25, -0.2) is 0 Å². The lowest BCUT2D eigenvalue weighted by Crippen LogP contribution is -2.33. The molecular formula is C42H32. The summed E-state index contributed by atoms with van der Waals surface area (Å²) in [5.74, 6) is 0.508. The lowest BCUT2D eigenvalue weighted by molar-refractivity contribution is 0.781.